The van der Waals surface area contributed by atoms with Gasteiger partial charge in [0, 0.05) is 46.8 Å². The van der Waals surface area contributed by atoms with Crippen LogP contribution in [0.4, 0.5) is 5.69 Å². The normalized spacial score (nSPS) is 15.3. The number of carbonyl (C=O) groups is 1. The summed E-state index contributed by atoms with van der Waals surface area (Å²) in [4.78, 5) is 18.1. The van der Waals surface area contributed by atoms with E-state index in [4.69, 9.17) is 0 Å². The van der Waals surface area contributed by atoms with Crippen LogP contribution in [0.5, 0.6) is 0 Å². The highest BCUT2D eigenvalue weighted by Crippen LogP contribution is 2.31. The van der Waals surface area contributed by atoms with Gasteiger partial charge in [0.05, 0.1) is 5.56 Å². The highest BCUT2D eigenvalue weighted by Gasteiger charge is 2.15. The van der Waals surface area contributed by atoms with Gasteiger partial charge in [-0.2, -0.15) is 11.3 Å². The van der Waals surface area contributed by atoms with Crippen molar-refractivity contribution in [2.24, 2.45) is 0 Å². The van der Waals surface area contributed by atoms with Crippen LogP contribution in [0, 0.1) is 0 Å². The molecule has 4 rings (SSSR count). The lowest BCUT2D eigenvalue weighted by Crippen LogP contribution is -2.27. The summed E-state index contributed by atoms with van der Waals surface area (Å²) in [5.41, 5.74) is 5.27. The first-order valence-electron chi connectivity index (χ1n) is 8.61. The van der Waals surface area contributed by atoms with Crippen molar-refractivity contribution in [2.75, 3.05) is 25.0 Å². The summed E-state index contributed by atoms with van der Waals surface area (Å²) in [5, 5.41) is 7.94. The van der Waals surface area contributed by atoms with Gasteiger partial charge in [-0.1, -0.05) is 13.0 Å². The fraction of sp³-hybridized carbons (Fsp3) is 0.250. The van der Waals surface area contributed by atoms with Crippen LogP contribution in [0.25, 0.3) is 16.5 Å². The van der Waals surface area contributed by atoms with Crippen LogP contribution in [0.2, 0.25) is 0 Å². The number of carbonyl (C=O) groups excluding carboxylic acids is 1. The number of hydrogen-bond acceptors (Lipinski definition) is 3. The molecule has 2 N–H and O–H groups in total. The van der Waals surface area contributed by atoms with Crippen LogP contribution >= 0.6 is 11.3 Å². The average Bonchev–Trinajstić information content (AvgIpc) is 3.31. The minimum atomic E-state index is -0.0619. The average molecular weight is 351 g/mol. The topological polar surface area (TPSA) is 48.1 Å². The lowest BCUT2D eigenvalue weighted by Gasteiger charge is -2.24. The van der Waals surface area contributed by atoms with Gasteiger partial charge in [0.25, 0.3) is 5.91 Å². The lowest BCUT2D eigenvalue weighted by atomic mass is 9.98. The van der Waals surface area contributed by atoms with Crippen molar-refractivity contribution in [1.82, 2.24) is 9.88 Å². The van der Waals surface area contributed by atoms with Crippen molar-refractivity contribution in [3.8, 4) is 0 Å². The van der Waals surface area contributed by atoms with Crippen LogP contribution in [-0.4, -0.2) is 35.4 Å². The standard InChI is InChI=1S/C20H21N3OS/c1-2-23-8-5-14(6-9-23)18-12-21-19-4-3-16(11-17(18)19)22-20(24)15-7-10-25-13-15/h3-5,7,10-13,21H,2,6,8-9H2,1H3,(H,22,24). The van der Waals surface area contributed by atoms with Crippen molar-refractivity contribution < 1.29 is 4.79 Å². The summed E-state index contributed by atoms with van der Waals surface area (Å²) >= 11 is 1.53. The molecule has 128 valence electrons. The molecule has 4 nitrogen and oxygen atoms in total. The number of thiophene rings is 1. The third-order valence-electron chi connectivity index (χ3n) is 4.81. The van der Waals surface area contributed by atoms with Crippen molar-refractivity contribution >= 4 is 39.4 Å². The van der Waals surface area contributed by atoms with E-state index in [1.54, 1.807) is 0 Å². The number of fused-ring (bicyclic) bond motifs is 1. The summed E-state index contributed by atoms with van der Waals surface area (Å²) < 4.78 is 0. The Morgan fingerprint density at radius 3 is 3.00 bits per heavy atom. The second-order valence-electron chi connectivity index (χ2n) is 6.30. The molecule has 0 radical (unpaired) electrons. The van der Waals surface area contributed by atoms with Gasteiger partial charge in [-0.3, -0.25) is 9.69 Å². The van der Waals surface area contributed by atoms with Crippen molar-refractivity contribution in [1.29, 1.82) is 0 Å². The summed E-state index contributed by atoms with van der Waals surface area (Å²) in [6.07, 6.45) is 5.47. The second-order valence-corrected chi connectivity index (χ2v) is 7.08. The molecule has 1 aliphatic heterocycles. The molecule has 3 heterocycles. The third-order valence-corrected chi connectivity index (χ3v) is 5.49. The zero-order valence-electron chi connectivity index (χ0n) is 14.2. The van der Waals surface area contributed by atoms with E-state index in [0.29, 0.717) is 5.56 Å². The molecule has 3 aromatic rings. The number of anilines is 1. The molecular formula is C20H21N3OS. The van der Waals surface area contributed by atoms with Crippen LogP contribution < -0.4 is 5.32 Å². The molecular weight excluding hydrogens is 330 g/mol. The molecule has 0 saturated carbocycles. The number of amides is 1. The van der Waals surface area contributed by atoms with Gasteiger partial charge in [-0.25, -0.2) is 0 Å². The van der Waals surface area contributed by atoms with Gasteiger partial charge in [0.1, 0.15) is 0 Å². The molecule has 1 aliphatic rings. The Hall–Kier alpha value is -2.37. The first-order valence-corrected chi connectivity index (χ1v) is 9.55. The first kappa shape index (κ1) is 16.1. The molecule has 0 unspecified atom stereocenters. The largest absolute Gasteiger partial charge is 0.361 e. The molecule has 0 aliphatic carbocycles. The highest BCUT2D eigenvalue weighted by molar-refractivity contribution is 7.08. The summed E-state index contributed by atoms with van der Waals surface area (Å²) in [6, 6.07) is 7.88. The predicted molar refractivity (Wildman–Crippen MR) is 105 cm³/mol. The fourth-order valence-electron chi connectivity index (χ4n) is 3.30. The Bertz CT molecular complexity index is 924. The van der Waals surface area contributed by atoms with E-state index in [1.807, 2.05) is 29.0 Å². The van der Waals surface area contributed by atoms with Crippen LogP contribution in [0.1, 0.15) is 29.3 Å². The van der Waals surface area contributed by atoms with E-state index in [2.05, 4.69) is 40.5 Å². The van der Waals surface area contributed by atoms with Crippen molar-refractivity contribution in [2.45, 2.75) is 13.3 Å². The Morgan fingerprint density at radius 1 is 1.36 bits per heavy atom. The van der Waals surface area contributed by atoms with Gasteiger partial charge in [0.15, 0.2) is 0 Å². The second kappa shape index (κ2) is 6.86. The fourth-order valence-corrected chi connectivity index (χ4v) is 3.94. The van der Waals surface area contributed by atoms with Crippen molar-refractivity contribution in [3.05, 3.63) is 58.4 Å². The maximum absolute atomic E-state index is 12.3. The SMILES string of the molecule is CCN1CC=C(c2c[nH]c3ccc(NC(=O)c4ccsc4)cc23)CC1. The zero-order valence-corrected chi connectivity index (χ0v) is 15.0. The maximum Gasteiger partial charge on any atom is 0.256 e. The number of nitrogens with zero attached hydrogens (tertiary/aromatic N) is 1. The van der Waals surface area contributed by atoms with Gasteiger partial charge in [0.2, 0.25) is 0 Å². The number of H-pyrrole nitrogens is 1. The maximum atomic E-state index is 12.3. The van der Waals surface area contributed by atoms with Gasteiger partial charge in [-0.15, -0.1) is 0 Å². The van der Waals surface area contributed by atoms with Crippen LogP contribution in [-0.2, 0) is 0 Å². The quantitative estimate of drug-likeness (QED) is 0.722. The van der Waals surface area contributed by atoms with E-state index in [9.17, 15) is 4.79 Å². The van der Waals surface area contributed by atoms with Crippen molar-refractivity contribution in [3.63, 3.8) is 0 Å². The number of aromatic nitrogens is 1. The molecule has 2 aromatic heterocycles. The highest BCUT2D eigenvalue weighted by atomic mass is 32.1. The summed E-state index contributed by atoms with van der Waals surface area (Å²) in [5.74, 6) is -0.0619. The number of rotatable bonds is 4. The minimum Gasteiger partial charge on any atom is -0.361 e. The minimum absolute atomic E-state index is 0.0619. The van der Waals surface area contributed by atoms with E-state index in [1.165, 1.54) is 27.9 Å². The Labute approximate surface area is 151 Å². The van der Waals surface area contributed by atoms with Gasteiger partial charge >= 0.3 is 0 Å². The van der Waals surface area contributed by atoms with Crippen LogP contribution in [0.15, 0.2) is 47.3 Å². The number of likely N-dealkylation sites (N-methyl/N-ethyl adjacent to an activating group) is 1. The molecule has 0 saturated heterocycles. The molecule has 0 atom stereocenters. The van der Waals surface area contributed by atoms with E-state index < -0.39 is 0 Å². The number of hydrogen-bond donors (Lipinski definition) is 2. The molecule has 5 heteroatoms. The van der Waals surface area contributed by atoms with Crippen LogP contribution in [0.3, 0.4) is 0 Å². The monoisotopic (exact) mass is 351 g/mol. The lowest BCUT2D eigenvalue weighted by molar-refractivity contribution is 0.102. The summed E-state index contributed by atoms with van der Waals surface area (Å²) in [6.45, 7) is 5.40. The molecule has 0 spiro atoms. The zero-order chi connectivity index (χ0) is 17.2. The Morgan fingerprint density at radius 2 is 2.28 bits per heavy atom. The summed E-state index contributed by atoms with van der Waals surface area (Å²) in [7, 11) is 0. The number of nitrogens with one attached hydrogen (secondary N) is 2. The Balaban J connectivity index is 1.62. The number of aromatic amines is 1. The predicted octanol–water partition coefficient (Wildman–Crippen LogP) is 4.59. The van der Waals surface area contributed by atoms with E-state index in [-0.39, 0.29) is 5.91 Å². The molecule has 0 bridgehead atoms. The Kier molecular flexibility index (Phi) is 4.42. The molecule has 1 aromatic carbocycles. The molecule has 1 amide bonds. The van der Waals surface area contributed by atoms with E-state index >= 15 is 0 Å². The molecule has 0 fully saturated rings. The third kappa shape index (κ3) is 3.25. The smallest absolute Gasteiger partial charge is 0.256 e. The van der Waals surface area contributed by atoms with Gasteiger partial charge in [-0.05, 0) is 48.2 Å². The molecule has 25 heavy (non-hydrogen) atoms. The van der Waals surface area contributed by atoms with E-state index in [0.717, 1.165) is 37.3 Å². The number of benzene rings is 1. The van der Waals surface area contributed by atoms with Gasteiger partial charge < -0.3 is 10.3 Å². The first-order chi connectivity index (χ1) is 12.2.